The number of rotatable bonds is 6. The van der Waals surface area contributed by atoms with Crippen LogP contribution in [0.25, 0.3) is 0 Å². The van der Waals surface area contributed by atoms with E-state index in [1.54, 1.807) is 0 Å². The highest BCUT2D eigenvalue weighted by Gasteiger charge is 2.06. The van der Waals surface area contributed by atoms with Crippen LogP contribution in [0.15, 0.2) is 0 Å². The van der Waals surface area contributed by atoms with Crippen LogP contribution in [0.3, 0.4) is 0 Å². The molecule has 0 saturated carbocycles. The molecule has 1 unspecified atom stereocenters. The second-order valence-electron chi connectivity index (χ2n) is 3.15. The Morgan fingerprint density at radius 3 is 2.33 bits per heavy atom. The van der Waals surface area contributed by atoms with Crippen molar-refractivity contribution >= 4 is 18.2 Å². The Balaban J connectivity index is 0. The third kappa shape index (κ3) is 7.86. The maximum atomic E-state index is 7.14. The highest BCUT2D eigenvalue weighted by Crippen LogP contribution is 2.15. The van der Waals surface area contributed by atoms with Crippen LogP contribution in [0.4, 0.5) is 0 Å². The van der Waals surface area contributed by atoms with Gasteiger partial charge in [0.1, 0.15) is 0 Å². The Bertz CT molecular complexity index is 115. The van der Waals surface area contributed by atoms with Gasteiger partial charge in [0, 0.05) is 6.42 Å². The summed E-state index contributed by atoms with van der Waals surface area (Å²) in [5.41, 5.74) is 5.32. The minimum atomic E-state index is 0. The first-order valence-electron chi connectivity index (χ1n) is 4.53. The Labute approximate surface area is 81.8 Å². The number of nitrogens with two attached hydrogens (primary N) is 1. The van der Waals surface area contributed by atoms with Crippen molar-refractivity contribution in [3.8, 4) is 0 Å². The molecule has 0 aromatic heterocycles. The van der Waals surface area contributed by atoms with Gasteiger partial charge in [-0.1, -0.05) is 39.5 Å². The molecule has 2 nitrogen and oxygen atoms in total. The Kier molecular flexibility index (Phi) is 10.5. The van der Waals surface area contributed by atoms with E-state index in [9.17, 15) is 0 Å². The van der Waals surface area contributed by atoms with Gasteiger partial charge in [0.15, 0.2) is 0 Å². The molecule has 0 aromatic carbocycles. The lowest BCUT2D eigenvalue weighted by molar-refractivity contribution is 0.465. The highest BCUT2D eigenvalue weighted by atomic mass is 35.5. The van der Waals surface area contributed by atoms with E-state index in [2.05, 4.69) is 13.8 Å². The van der Waals surface area contributed by atoms with E-state index < -0.39 is 0 Å². The smallest absolute Gasteiger partial charge is 0.0908 e. The van der Waals surface area contributed by atoms with Crippen LogP contribution >= 0.6 is 12.4 Å². The van der Waals surface area contributed by atoms with E-state index in [0.717, 1.165) is 12.8 Å². The SMILES string of the molecule is CCCCC(CC)CC(=N)N.Cl. The molecule has 0 heterocycles. The van der Waals surface area contributed by atoms with Gasteiger partial charge in [-0.05, 0) is 5.92 Å². The lowest BCUT2D eigenvalue weighted by Crippen LogP contribution is -2.15. The standard InChI is InChI=1S/C9H20N2.ClH/c1-3-5-6-8(4-2)7-9(10)11;/h8H,3-7H2,1-2H3,(H3,10,11);1H. The molecule has 0 rings (SSSR count). The molecule has 74 valence electrons. The molecule has 0 radical (unpaired) electrons. The first-order chi connectivity index (χ1) is 5.20. The fraction of sp³-hybridized carbons (Fsp3) is 0.889. The molecule has 0 saturated heterocycles. The van der Waals surface area contributed by atoms with Crippen LogP contribution in [0.5, 0.6) is 0 Å². The molecule has 12 heavy (non-hydrogen) atoms. The third-order valence-electron chi connectivity index (χ3n) is 2.05. The molecule has 1 atom stereocenters. The largest absolute Gasteiger partial charge is 0.388 e. The molecule has 0 aliphatic rings. The second kappa shape index (κ2) is 8.85. The fourth-order valence-corrected chi connectivity index (χ4v) is 1.25. The Hall–Kier alpha value is -0.240. The summed E-state index contributed by atoms with van der Waals surface area (Å²) in [6.07, 6.45) is 5.68. The Morgan fingerprint density at radius 2 is 2.00 bits per heavy atom. The van der Waals surface area contributed by atoms with Crippen molar-refractivity contribution in [2.24, 2.45) is 11.7 Å². The number of hydrogen-bond donors (Lipinski definition) is 2. The van der Waals surface area contributed by atoms with E-state index in [1.165, 1.54) is 19.3 Å². The maximum Gasteiger partial charge on any atom is 0.0908 e. The lowest BCUT2D eigenvalue weighted by Gasteiger charge is -2.12. The van der Waals surface area contributed by atoms with Gasteiger partial charge < -0.3 is 5.73 Å². The van der Waals surface area contributed by atoms with Gasteiger partial charge in [-0.15, -0.1) is 12.4 Å². The zero-order valence-corrected chi connectivity index (χ0v) is 8.91. The van der Waals surface area contributed by atoms with Gasteiger partial charge in [0.05, 0.1) is 5.84 Å². The molecule has 3 heteroatoms. The van der Waals surface area contributed by atoms with Crippen molar-refractivity contribution in [1.82, 2.24) is 0 Å². The number of halogens is 1. The van der Waals surface area contributed by atoms with E-state index in [1.807, 2.05) is 0 Å². The molecular formula is C9H21ClN2. The molecule has 0 spiro atoms. The fourth-order valence-electron chi connectivity index (χ4n) is 1.25. The van der Waals surface area contributed by atoms with E-state index in [0.29, 0.717) is 11.8 Å². The molecular weight excluding hydrogens is 172 g/mol. The van der Waals surface area contributed by atoms with E-state index in [-0.39, 0.29) is 12.4 Å². The van der Waals surface area contributed by atoms with Crippen LogP contribution in [0, 0.1) is 11.3 Å². The van der Waals surface area contributed by atoms with Crippen molar-refractivity contribution in [1.29, 1.82) is 5.41 Å². The normalized spacial score (nSPS) is 11.8. The molecule has 0 aliphatic carbocycles. The summed E-state index contributed by atoms with van der Waals surface area (Å²) in [7, 11) is 0. The summed E-state index contributed by atoms with van der Waals surface area (Å²) >= 11 is 0. The van der Waals surface area contributed by atoms with Crippen LogP contribution in [-0.4, -0.2) is 5.84 Å². The zero-order valence-electron chi connectivity index (χ0n) is 8.10. The minimum Gasteiger partial charge on any atom is -0.388 e. The van der Waals surface area contributed by atoms with Crippen molar-refractivity contribution in [2.75, 3.05) is 0 Å². The number of hydrogen-bond acceptors (Lipinski definition) is 1. The monoisotopic (exact) mass is 192 g/mol. The molecule has 0 amide bonds. The number of unbranched alkanes of at least 4 members (excludes halogenated alkanes) is 1. The summed E-state index contributed by atoms with van der Waals surface area (Å²) in [5, 5.41) is 7.14. The van der Waals surface area contributed by atoms with Crippen molar-refractivity contribution in [3.63, 3.8) is 0 Å². The minimum absolute atomic E-state index is 0. The summed E-state index contributed by atoms with van der Waals surface area (Å²) in [6, 6.07) is 0. The lowest BCUT2D eigenvalue weighted by atomic mass is 9.95. The number of amidine groups is 1. The van der Waals surface area contributed by atoms with Crippen molar-refractivity contribution < 1.29 is 0 Å². The van der Waals surface area contributed by atoms with Gasteiger partial charge in [-0.3, -0.25) is 5.41 Å². The first-order valence-corrected chi connectivity index (χ1v) is 4.53. The van der Waals surface area contributed by atoms with Gasteiger partial charge in [0.2, 0.25) is 0 Å². The van der Waals surface area contributed by atoms with Gasteiger partial charge >= 0.3 is 0 Å². The molecule has 0 aromatic rings. The van der Waals surface area contributed by atoms with Crippen LogP contribution < -0.4 is 5.73 Å². The topological polar surface area (TPSA) is 49.9 Å². The molecule has 0 bridgehead atoms. The maximum absolute atomic E-state index is 7.14. The van der Waals surface area contributed by atoms with Crippen LogP contribution in [0.1, 0.15) is 46.0 Å². The average Bonchev–Trinajstić information content (AvgIpc) is 1.97. The third-order valence-corrected chi connectivity index (χ3v) is 2.05. The summed E-state index contributed by atoms with van der Waals surface area (Å²) < 4.78 is 0. The van der Waals surface area contributed by atoms with Gasteiger partial charge in [-0.25, -0.2) is 0 Å². The van der Waals surface area contributed by atoms with Crippen molar-refractivity contribution in [2.45, 2.75) is 46.0 Å². The first kappa shape index (κ1) is 14.3. The van der Waals surface area contributed by atoms with Crippen molar-refractivity contribution in [3.05, 3.63) is 0 Å². The summed E-state index contributed by atoms with van der Waals surface area (Å²) in [5.74, 6) is 0.986. The molecule has 3 N–H and O–H groups in total. The van der Waals surface area contributed by atoms with E-state index in [4.69, 9.17) is 11.1 Å². The highest BCUT2D eigenvalue weighted by molar-refractivity contribution is 5.85. The predicted octanol–water partition coefficient (Wildman–Crippen LogP) is 2.95. The second-order valence-corrected chi connectivity index (χ2v) is 3.15. The van der Waals surface area contributed by atoms with E-state index >= 15 is 0 Å². The van der Waals surface area contributed by atoms with Gasteiger partial charge in [0.25, 0.3) is 0 Å². The van der Waals surface area contributed by atoms with Crippen LogP contribution in [-0.2, 0) is 0 Å². The average molecular weight is 193 g/mol. The predicted molar refractivity (Wildman–Crippen MR) is 57.1 cm³/mol. The zero-order chi connectivity index (χ0) is 8.69. The summed E-state index contributed by atoms with van der Waals surface area (Å²) in [4.78, 5) is 0. The quantitative estimate of drug-likeness (QED) is 0.494. The summed E-state index contributed by atoms with van der Waals surface area (Å²) in [6.45, 7) is 4.36. The Morgan fingerprint density at radius 1 is 1.42 bits per heavy atom. The molecule has 0 fully saturated rings. The number of nitrogens with one attached hydrogen (secondary N) is 1. The van der Waals surface area contributed by atoms with Gasteiger partial charge in [-0.2, -0.15) is 0 Å². The molecule has 0 aliphatic heterocycles. The van der Waals surface area contributed by atoms with Crippen LogP contribution in [0.2, 0.25) is 0 Å².